The highest BCUT2D eigenvalue weighted by Gasteiger charge is 2.33. The SMILES string of the molecule is O=C1N=C(SCn2nnc3ccccc32)NC(=O)C1c1ccccc1. The summed E-state index contributed by atoms with van der Waals surface area (Å²) in [7, 11) is 0. The van der Waals surface area contributed by atoms with E-state index in [9.17, 15) is 9.59 Å². The molecule has 2 amide bonds. The summed E-state index contributed by atoms with van der Waals surface area (Å²) in [4.78, 5) is 28.6. The van der Waals surface area contributed by atoms with Crippen LogP contribution in [0.4, 0.5) is 0 Å². The van der Waals surface area contributed by atoms with Crippen LogP contribution in [0.2, 0.25) is 0 Å². The van der Waals surface area contributed by atoms with Gasteiger partial charge < -0.3 is 5.32 Å². The van der Waals surface area contributed by atoms with Gasteiger partial charge in [0.1, 0.15) is 11.4 Å². The molecule has 1 atom stereocenters. The lowest BCUT2D eigenvalue weighted by molar-refractivity contribution is -0.129. The maximum Gasteiger partial charge on any atom is 0.265 e. The molecule has 1 N–H and O–H groups in total. The molecule has 1 aromatic heterocycles. The van der Waals surface area contributed by atoms with Crippen molar-refractivity contribution < 1.29 is 9.59 Å². The number of aromatic nitrogens is 3. The third kappa shape index (κ3) is 3.03. The molecule has 0 saturated carbocycles. The minimum atomic E-state index is -0.891. The number of para-hydroxylation sites is 1. The fraction of sp³-hybridized carbons (Fsp3) is 0.118. The minimum absolute atomic E-state index is 0.279. The monoisotopic (exact) mass is 351 g/mol. The van der Waals surface area contributed by atoms with Crippen molar-refractivity contribution >= 4 is 39.8 Å². The summed E-state index contributed by atoms with van der Waals surface area (Å²) in [6, 6.07) is 16.5. The summed E-state index contributed by atoms with van der Waals surface area (Å²) in [6.45, 7) is 0. The van der Waals surface area contributed by atoms with Crippen LogP contribution in [0.5, 0.6) is 0 Å². The first-order valence-electron chi connectivity index (χ1n) is 7.62. The van der Waals surface area contributed by atoms with Crippen LogP contribution in [0.1, 0.15) is 11.5 Å². The highest BCUT2D eigenvalue weighted by atomic mass is 32.2. The van der Waals surface area contributed by atoms with Crippen LogP contribution in [0.3, 0.4) is 0 Å². The van der Waals surface area contributed by atoms with Gasteiger partial charge in [-0.05, 0) is 17.7 Å². The summed E-state index contributed by atoms with van der Waals surface area (Å²) >= 11 is 1.23. The van der Waals surface area contributed by atoms with Crippen molar-refractivity contribution in [1.29, 1.82) is 0 Å². The van der Waals surface area contributed by atoms with Gasteiger partial charge in [-0.15, -0.1) is 5.10 Å². The summed E-state index contributed by atoms with van der Waals surface area (Å²) in [6.07, 6.45) is 0. The molecular formula is C17H13N5O2S. The van der Waals surface area contributed by atoms with E-state index in [0.29, 0.717) is 11.4 Å². The lowest BCUT2D eigenvalue weighted by Crippen LogP contribution is -2.41. The van der Waals surface area contributed by atoms with Gasteiger partial charge in [-0.1, -0.05) is 59.4 Å². The van der Waals surface area contributed by atoms with Crippen molar-refractivity contribution in [2.45, 2.75) is 11.8 Å². The Balaban J connectivity index is 1.51. The van der Waals surface area contributed by atoms with E-state index in [1.54, 1.807) is 28.9 Å². The van der Waals surface area contributed by atoms with Gasteiger partial charge in [-0.3, -0.25) is 9.59 Å². The molecule has 4 rings (SSSR count). The average molecular weight is 351 g/mol. The van der Waals surface area contributed by atoms with Gasteiger partial charge in [0.15, 0.2) is 5.17 Å². The van der Waals surface area contributed by atoms with Crippen LogP contribution < -0.4 is 5.32 Å². The summed E-state index contributed by atoms with van der Waals surface area (Å²) in [5, 5.41) is 11.1. The lowest BCUT2D eigenvalue weighted by Gasteiger charge is -2.19. The van der Waals surface area contributed by atoms with Crippen LogP contribution in [0.25, 0.3) is 11.0 Å². The highest BCUT2D eigenvalue weighted by Crippen LogP contribution is 2.23. The van der Waals surface area contributed by atoms with E-state index in [4.69, 9.17) is 0 Å². The summed E-state index contributed by atoms with van der Waals surface area (Å²) in [5.74, 6) is -1.32. The Morgan fingerprint density at radius 1 is 1.04 bits per heavy atom. The predicted octanol–water partition coefficient (Wildman–Crippen LogP) is 1.92. The second-order valence-electron chi connectivity index (χ2n) is 5.44. The molecule has 7 nitrogen and oxygen atoms in total. The van der Waals surface area contributed by atoms with Gasteiger partial charge in [0.25, 0.3) is 5.91 Å². The number of aliphatic imine (C=N–C) groups is 1. The third-order valence-corrected chi connectivity index (χ3v) is 4.67. The number of nitrogens with zero attached hydrogens (tertiary/aromatic N) is 4. The Morgan fingerprint density at radius 2 is 1.80 bits per heavy atom. The molecular weight excluding hydrogens is 338 g/mol. The smallest absolute Gasteiger partial charge is 0.265 e. The number of rotatable bonds is 3. The molecule has 0 aliphatic carbocycles. The van der Waals surface area contributed by atoms with E-state index < -0.39 is 11.8 Å². The van der Waals surface area contributed by atoms with Crippen molar-refractivity contribution in [2.75, 3.05) is 0 Å². The van der Waals surface area contributed by atoms with Gasteiger partial charge >= 0.3 is 0 Å². The molecule has 0 bridgehead atoms. The highest BCUT2D eigenvalue weighted by molar-refractivity contribution is 8.13. The first-order valence-corrected chi connectivity index (χ1v) is 8.60. The zero-order valence-corrected chi connectivity index (χ0v) is 13.8. The molecule has 1 aliphatic rings. The lowest BCUT2D eigenvalue weighted by atomic mass is 9.97. The zero-order valence-electron chi connectivity index (χ0n) is 13.0. The van der Waals surface area contributed by atoms with Crippen LogP contribution >= 0.6 is 11.8 Å². The zero-order chi connectivity index (χ0) is 17.2. The molecule has 1 aliphatic heterocycles. The number of benzene rings is 2. The number of thioether (sulfide) groups is 1. The van der Waals surface area contributed by atoms with Crippen molar-refractivity contribution in [3.8, 4) is 0 Å². The van der Waals surface area contributed by atoms with E-state index in [1.807, 2.05) is 30.3 Å². The molecule has 0 spiro atoms. The summed E-state index contributed by atoms with van der Waals surface area (Å²) < 4.78 is 1.70. The molecule has 2 heterocycles. The second-order valence-corrected chi connectivity index (χ2v) is 6.37. The van der Waals surface area contributed by atoms with Gasteiger partial charge in [0.2, 0.25) is 5.91 Å². The van der Waals surface area contributed by atoms with Crippen LogP contribution in [-0.4, -0.2) is 32.0 Å². The fourth-order valence-electron chi connectivity index (χ4n) is 2.63. The van der Waals surface area contributed by atoms with E-state index in [1.165, 1.54) is 11.8 Å². The largest absolute Gasteiger partial charge is 0.304 e. The predicted molar refractivity (Wildman–Crippen MR) is 94.9 cm³/mol. The molecule has 3 aromatic rings. The Labute approximate surface area is 147 Å². The molecule has 2 aromatic carbocycles. The van der Waals surface area contributed by atoms with E-state index >= 15 is 0 Å². The number of fused-ring (bicyclic) bond motifs is 1. The third-order valence-electron chi connectivity index (χ3n) is 3.83. The van der Waals surface area contributed by atoms with Crippen molar-refractivity contribution in [1.82, 2.24) is 20.3 Å². The number of nitrogens with one attached hydrogen (secondary N) is 1. The number of amidine groups is 1. The molecule has 0 saturated heterocycles. The number of hydrogen-bond acceptors (Lipinski definition) is 5. The van der Waals surface area contributed by atoms with Gasteiger partial charge in [-0.25, -0.2) is 4.68 Å². The number of carbonyl (C=O) groups is 2. The Bertz CT molecular complexity index is 983. The molecule has 124 valence electrons. The van der Waals surface area contributed by atoms with E-state index in [0.717, 1.165) is 11.0 Å². The topological polar surface area (TPSA) is 89.2 Å². The van der Waals surface area contributed by atoms with Gasteiger partial charge in [-0.2, -0.15) is 4.99 Å². The Morgan fingerprint density at radius 3 is 2.60 bits per heavy atom. The molecule has 8 heteroatoms. The Kier molecular flexibility index (Phi) is 4.02. The van der Waals surface area contributed by atoms with Crippen molar-refractivity contribution in [3.63, 3.8) is 0 Å². The molecule has 25 heavy (non-hydrogen) atoms. The van der Waals surface area contributed by atoms with Crippen LogP contribution in [-0.2, 0) is 15.5 Å². The normalized spacial score (nSPS) is 17.4. The maximum absolute atomic E-state index is 12.3. The number of amides is 2. The first kappa shape index (κ1) is 15.5. The number of hydrogen-bond donors (Lipinski definition) is 1. The average Bonchev–Trinajstić information content (AvgIpc) is 3.04. The minimum Gasteiger partial charge on any atom is -0.304 e. The number of carbonyl (C=O) groups excluding carboxylic acids is 2. The molecule has 0 fully saturated rings. The van der Waals surface area contributed by atoms with E-state index in [-0.39, 0.29) is 11.1 Å². The van der Waals surface area contributed by atoms with Crippen LogP contribution in [0, 0.1) is 0 Å². The summed E-state index contributed by atoms with van der Waals surface area (Å²) in [5.41, 5.74) is 2.31. The standard InChI is InChI=1S/C17H13N5O2S/c23-15-14(11-6-2-1-3-7-11)16(24)19-17(18-15)25-10-22-13-9-5-4-8-12(13)20-21-22/h1-9,14H,10H2,(H,18,19,23,24). The van der Waals surface area contributed by atoms with Gasteiger partial charge in [0.05, 0.1) is 11.4 Å². The quantitative estimate of drug-likeness (QED) is 0.728. The molecule has 0 radical (unpaired) electrons. The molecule has 1 unspecified atom stereocenters. The van der Waals surface area contributed by atoms with Crippen molar-refractivity contribution in [3.05, 3.63) is 60.2 Å². The Hall–Kier alpha value is -3.00. The maximum atomic E-state index is 12.3. The second kappa shape index (κ2) is 6.48. The first-order chi connectivity index (χ1) is 12.2. The van der Waals surface area contributed by atoms with E-state index in [2.05, 4.69) is 20.6 Å². The van der Waals surface area contributed by atoms with Crippen molar-refractivity contribution in [2.24, 2.45) is 4.99 Å². The van der Waals surface area contributed by atoms with Crippen LogP contribution in [0.15, 0.2) is 59.6 Å². The fourth-order valence-corrected chi connectivity index (χ4v) is 3.39. The van der Waals surface area contributed by atoms with Gasteiger partial charge in [0, 0.05) is 0 Å².